The third kappa shape index (κ3) is 2.46. The van der Waals surface area contributed by atoms with Crippen LogP contribution in [0.2, 0.25) is 0 Å². The smallest absolute Gasteiger partial charge is 0.0948 e. The van der Waals surface area contributed by atoms with Crippen molar-refractivity contribution in [3.63, 3.8) is 0 Å². The fourth-order valence-corrected chi connectivity index (χ4v) is 2.68. The molecular formula is C13H23N3. The summed E-state index contributed by atoms with van der Waals surface area (Å²) in [5.74, 6) is 1.47. The Morgan fingerprint density at radius 2 is 2.31 bits per heavy atom. The van der Waals surface area contributed by atoms with Crippen LogP contribution in [0.4, 0.5) is 0 Å². The van der Waals surface area contributed by atoms with Crippen molar-refractivity contribution in [2.75, 3.05) is 13.1 Å². The van der Waals surface area contributed by atoms with Gasteiger partial charge in [0.05, 0.1) is 6.33 Å². The number of rotatable bonds is 5. The second kappa shape index (κ2) is 5.48. The number of hydrogen-bond acceptors (Lipinski definition) is 2. The maximum absolute atomic E-state index is 4.32. The van der Waals surface area contributed by atoms with Gasteiger partial charge in [-0.1, -0.05) is 13.8 Å². The SMILES string of the molecule is CCC(CC)c1cncn1CC1CCNC1. The van der Waals surface area contributed by atoms with Crippen LogP contribution >= 0.6 is 0 Å². The highest BCUT2D eigenvalue weighted by Crippen LogP contribution is 2.23. The predicted octanol–water partition coefficient (Wildman–Crippen LogP) is 2.40. The van der Waals surface area contributed by atoms with Crippen molar-refractivity contribution in [1.29, 1.82) is 0 Å². The maximum atomic E-state index is 4.32. The zero-order valence-electron chi connectivity index (χ0n) is 10.4. The first-order valence-corrected chi connectivity index (χ1v) is 6.55. The molecule has 0 radical (unpaired) electrons. The molecule has 1 N–H and O–H groups in total. The summed E-state index contributed by atoms with van der Waals surface area (Å²) in [5.41, 5.74) is 1.43. The van der Waals surface area contributed by atoms with Gasteiger partial charge in [-0.15, -0.1) is 0 Å². The lowest BCUT2D eigenvalue weighted by molar-refractivity contribution is 0.455. The lowest BCUT2D eigenvalue weighted by Gasteiger charge is -2.17. The van der Waals surface area contributed by atoms with E-state index in [0.717, 1.165) is 12.5 Å². The summed E-state index contributed by atoms with van der Waals surface area (Å²) >= 11 is 0. The summed E-state index contributed by atoms with van der Waals surface area (Å²) in [6.07, 6.45) is 7.79. The van der Waals surface area contributed by atoms with Crippen LogP contribution in [0.25, 0.3) is 0 Å². The normalized spacial score (nSPS) is 20.8. The van der Waals surface area contributed by atoms with Gasteiger partial charge in [0.2, 0.25) is 0 Å². The molecule has 3 nitrogen and oxygen atoms in total. The molecule has 1 aliphatic rings. The van der Waals surface area contributed by atoms with Gasteiger partial charge in [-0.05, 0) is 38.3 Å². The van der Waals surface area contributed by atoms with Crippen LogP contribution in [-0.4, -0.2) is 22.6 Å². The van der Waals surface area contributed by atoms with Gasteiger partial charge >= 0.3 is 0 Å². The van der Waals surface area contributed by atoms with E-state index in [0.29, 0.717) is 5.92 Å². The van der Waals surface area contributed by atoms with E-state index in [1.807, 2.05) is 6.33 Å². The van der Waals surface area contributed by atoms with Gasteiger partial charge in [-0.3, -0.25) is 0 Å². The molecule has 2 rings (SSSR count). The van der Waals surface area contributed by atoms with Gasteiger partial charge in [-0.2, -0.15) is 0 Å². The van der Waals surface area contributed by atoms with Crippen molar-refractivity contribution < 1.29 is 0 Å². The van der Waals surface area contributed by atoms with Crippen molar-refractivity contribution >= 4 is 0 Å². The molecule has 0 bridgehead atoms. The first kappa shape index (κ1) is 11.6. The van der Waals surface area contributed by atoms with E-state index in [1.165, 1.54) is 38.0 Å². The number of imidazole rings is 1. The molecule has 3 heteroatoms. The predicted molar refractivity (Wildman–Crippen MR) is 66.5 cm³/mol. The highest BCUT2D eigenvalue weighted by Gasteiger charge is 2.18. The monoisotopic (exact) mass is 221 g/mol. The Bertz CT molecular complexity index is 309. The van der Waals surface area contributed by atoms with Crippen molar-refractivity contribution in [2.24, 2.45) is 5.92 Å². The Morgan fingerprint density at radius 1 is 1.50 bits per heavy atom. The van der Waals surface area contributed by atoms with E-state index in [-0.39, 0.29) is 0 Å². The molecule has 0 aromatic carbocycles. The summed E-state index contributed by atoms with van der Waals surface area (Å²) in [7, 11) is 0. The Labute approximate surface area is 98.3 Å². The van der Waals surface area contributed by atoms with Gasteiger partial charge in [0.25, 0.3) is 0 Å². The van der Waals surface area contributed by atoms with Crippen molar-refractivity contribution in [3.05, 3.63) is 18.2 Å². The topological polar surface area (TPSA) is 29.9 Å². The van der Waals surface area contributed by atoms with E-state index in [2.05, 4.69) is 34.9 Å². The summed E-state index contributed by atoms with van der Waals surface area (Å²) in [6.45, 7) is 8.02. The lowest BCUT2D eigenvalue weighted by atomic mass is 9.99. The van der Waals surface area contributed by atoms with Gasteiger partial charge in [0.1, 0.15) is 0 Å². The third-order valence-electron chi connectivity index (χ3n) is 3.77. The van der Waals surface area contributed by atoms with E-state index >= 15 is 0 Å². The highest BCUT2D eigenvalue weighted by molar-refractivity contribution is 5.06. The van der Waals surface area contributed by atoms with Gasteiger partial charge in [0.15, 0.2) is 0 Å². The molecule has 1 saturated heterocycles. The fourth-order valence-electron chi connectivity index (χ4n) is 2.68. The van der Waals surface area contributed by atoms with Crippen molar-refractivity contribution in [3.8, 4) is 0 Å². The molecule has 0 aliphatic carbocycles. The molecule has 1 atom stereocenters. The first-order chi connectivity index (χ1) is 7.85. The van der Waals surface area contributed by atoms with Crippen LogP contribution in [0.3, 0.4) is 0 Å². The second-order valence-electron chi connectivity index (χ2n) is 4.84. The number of nitrogens with zero attached hydrogens (tertiary/aromatic N) is 2. The van der Waals surface area contributed by atoms with Crippen molar-refractivity contribution in [1.82, 2.24) is 14.9 Å². The Morgan fingerprint density at radius 3 is 2.94 bits per heavy atom. The molecule has 90 valence electrons. The highest BCUT2D eigenvalue weighted by atomic mass is 15.1. The van der Waals surface area contributed by atoms with Crippen LogP contribution in [0.15, 0.2) is 12.5 Å². The Hall–Kier alpha value is -0.830. The minimum Gasteiger partial charge on any atom is -0.334 e. The fraction of sp³-hybridized carbons (Fsp3) is 0.769. The molecule has 0 spiro atoms. The molecule has 0 amide bonds. The zero-order valence-corrected chi connectivity index (χ0v) is 10.4. The van der Waals surface area contributed by atoms with E-state index in [4.69, 9.17) is 0 Å². The average molecular weight is 221 g/mol. The third-order valence-corrected chi connectivity index (χ3v) is 3.77. The van der Waals surface area contributed by atoms with Crippen LogP contribution in [-0.2, 0) is 6.54 Å². The minimum atomic E-state index is 0.678. The van der Waals surface area contributed by atoms with E-state index in [9.17, 15) is 0 Å². The van der Waals surface area contributed by atoms with E-state index < -0.39 is 0 Å². The molecule has 1 aliphatic heterocycles. The maximum Gasteiger partial charge on any atom is 0.0948 e. The van der Waals surface area contributed by atoms with Gasteiger partial charge in [-0.25, -0.2) is 4.98 Å². The number of aromatic nitrogens is 2. The molecule has 1 aromatic heterocycles. The summed E-state index contributed by atoms with van der Waals surface area (Å²) in [6, 6.07) is 0. The molecule has 16 heavy (non-hydrogen) atoms. The van der Waals surface area contributed by atoms with Crippen molar-refractivity contribution in [2.45, 2.75) is 45.6 Å². The largest absolute Gasteiger partial charge is 0.334 e. The molecule has 1 unspecified atom stereocenters. The van der Waals surface area contributed by atoms with Crippen LogP contribution in [0.1, 0.15) is 44.7 Å². The van der Waals surface area contributed by atoms with Gasteiger partial charge in [0, 0.05) is 24.4 Å². The first-order valence-electron chi connectivity index (χ1n) is 6.55. The molecule has 1 aromatic rings. The summed E-state index contributed by atoms with van der Waals surface area (Å²) in [5, 5.41) is 3.43. The molecular weight excluding hydrogens is 198 g/mol. The lowest BCUT2D eigenvalue weighted by Crippen LogP contribution is -2.16. The standard InChI is InChI=1S/C13H23N3/c1-3-12(4-2)13-8-15-10-16(13)9-11-5-6-14-7-11/h8,10-12,14H,3-7,9H2,1-2H3. The molecule has 0 saturated carbocycles. The van der Waals surface area contributed by atoms with Crippen LogP contribution in [0, 0.1) is 5.92 Å². The second-order valence-corrected chi connectivity index (χ2v) is 4.84. The summed E-state index contributed by atoms with van der Waals surface area (Å²) < 4.78 is 2.37. The minimum absolute atomic E-state index is 0.678. The molecule has 1 fully saturated rings. The zero-order chi connectivity index (χ0) is 11.4. The quantitative estimate of drug-likeness (QED) is 0.827. The van der Waals surface area contributed by atoms with E-state index in [1.54, 1.807) is 0 Å². The Balaban J connectivity index is 2.05. The number of nitrogens with one attached hydrogen (secondary N) is 1. The molecule has 2 heterocycles. The average Bonchev–Trinajstić information content (AvgIpc) is 2.93. The number of hydrogen-bond donors (Lipinski definition) is 1. The van der Waals surface area contributed by atoms with Crippen LogP contribution in [0.5, 0.6) is 0 Å². The Kier molecular flexibility index (Phi) is 3.99. The van der Waals surface area contributed by atoms with Gasteiger partial charge < -0.3 is 9.88 Å². The summed E-state index contributed by atoms with van der Waals surface area (Å²) in [4.78, 5) is 4.32. The van der Waals surface area contributed by atoms with Crippen LogP contribution < -0.4 is 5.32 Å².